The fourth-order valence-electron chi connectivity index (χ4n) is 3.00. The van der Waals surface area contributed by atoms with Crippen molar-refractivity contribution in [2.75, 3.05) is 19.6 Å². The Balaban J connectivity index is 0.00000338. The second-order valence-corrected chi connectivity index (χ2v) is 8.83. The van der Waals surface area contributed by atoms with E-state index in [1.165, 1.54) is 16.6 Å². The summed E-state index contributed by atoms with van der Waals surface area (Å²) in [5.41, 5.74) is 6.09. The van der Waals surface area contributed by atoms with Crippen molar-refractivity contribution in [2.24, 2.45) is 12.8 Å². The highest BCUT2D eigenvalue weighted by Gasteiger charge is 2.29. The molecule has 0 atom stereocenters. The molecule has 1 aliphatic heterocycles. The van der Waals surface area contributed by atoms with Crippen LogP contribution in [0.2, 0.25) is 0 Å². The average Bonchev–Trinajstić information content (AvgIpc) is 3.03. The molecule has 1 amide bonds. The topological polar surface area (TPSA) is 97.4 Å². The molecule has 2 heterocycles. The molecule has 0 unspecified atom stereocenters. The molecule has 0 aliphatic carbocycles. The van der Waals surface area contributed by atoms with Crippen molar-refractivity contribution < 1.29 is 13.2 Å². The number of nitrogens with two attached hydrogens (primary N) is 1. The number of nitrogens with zero attached hydrogens (tertiary/aromatic N) is 2. The summed E-state index contributed by atoms with van der Waals surface area (Å²) >= 11 is 0. The summed E-state index contributed by atoms with van der Waals surface area (Å²) < 4.78 is 28.6. The first-order chi connectivity index (χ1) is 11.7. The van der Waals surface area contributed by atoms with Gasteiger partial charge in [0.2, 0.25) is 10.0 Å². The van der Waals surface area contributed by atoms with Crippen molar-refractivity contribution in [3.8, 4) is 0 Å². The molecule has 0 bridgehead atoms. The number of rotatable bonds is 7. The van der Waals surface area contributed by atoms with Gasteiger partial charge >= 0.3 is 0 Å². The summed E-state index contributed by atoms with van der Waals surface area (Å²) in [5, 5.41) is 2.83. The smallest absolute Gasteiger partial charge is 0.268 e. The molecule has 1 aromatic rings. The normalized spacial score (nSPS) is 16.2. The SMILES string of the molecule is CCC(N)(CC)CNC(=O)c1cc(S(=O)(=O)N2CCCCC2)cn1C.Cl. The van der Waals surface area contributed by atoms with Gasteiger partial charge in [-0.2, -0.15) is 4.31 Å². The van der Waals surface area contributed by atoms with Gasteiger partial charge in [-0.3, -0.25) is 4.79 Å². The fourth-order valence-corrected chi connectivity index (χ4v) is 4.59. The molecule has 9 heteroatoms. The average molecular weight is 407 g/mol. The Kier molecular flexibility index (Phi) is 8.13. The molecule has 1 saturated heterocycles. The minimum atomic E-state index is -3.54. The summed E-state index contributed by atoms with van der Waals surface area (Å²) in [6, 6.07) is 1.45. The van der Waals surface area contributed by atoms with Gasteiger partial charge in [-0.15, -0.1) is 12.4 Å². The van der Waals surface area contributed by atoms with E-state index in [1.807, 2.05) is 13.8 Å². The van der Waals surface area contributed by atoms with Crippen LogP contribution in [-0.2, 0) is 17.1 Å². The Hall–Kier alpha value is -1.09. The quantitative estimate of drug-likeness (QED) is 0.722. The van der Waals surface area contributed by atoms with Gasteiger partial charge < -0.3 is 15.6 Å². The summed E-state index contributed by atoms with van der Waals surface area (Å²) in [7, 11) is -1.86. The lowest BCUT2D eigenvalue weighted by Gasteiger charge is -2.26. The molecule has 0 radical (unpaired) electrons. The molecule has 1 aromatic heterocycles. The van der Waals surface area contributed by atoms with Gasteiger partial charge in [0.25, 0.3) is 5.91 Å². The van der Waals surface area contributed by atoms with Crippen LogP contribution >= 0.6 is 12.4 Å². The van der Waals surface area contributed by atoms with E-state index in [1.54, 1.807) is 11.6 Å². The molecule has 7 nitrogen and oxygen atoms in total. The third kappa shape index (κ3) is 5.00. The maximum absolute atomic E-state index is 12.7. The maximum atomic E-state index is 12.7. The first-order valence-corrected chi connectivity index (χ1v) is 10.4. The lowest BCUT2D eigenvalue weighted by atomic mass is 9.94. The van der Waals surface area contributed by atoms with E-state index in [4.69, 9.17) is 5.73 Å². The van der Waals surface area contributed by atoms with Crippen LogP contribution in [0.3, 0.4) is 0 Å². The predicted octanol–water partition coefficient (Wildman–Crippen LogP) is 1.87. The lowest BCUT2D eigenvalue weighted by molar-refractivity contribution is 0.0934. The van der Waals surface area contributed by atoms with Crippen LogP contribution in [0.1, 0.15) is 56.4 Å². The van der Waals surface area contributed by atoms with Crippen LogP contribution in [0.25, 0.3) is 0 Å². The molecular formula is C17H31ClN4O3S. The Morgan fingerprint density at radius 2 is 1.81 bits per heavy atom. The van der Waals surface area contributed by atoms with Gasteiger partial charge in [0.15, 0.2) is 0 Å². The number of aromatic nitrogens is 1. The Labute approximate surface area is 162 Å². The maximum Gasteiger partial charge on any atom is 0.268 e. The van der Waals surface area contributed by atoms with Crippen LogP contribution < -0.4 is 11.1 Å². The number of halogens is 1. The summed E-state index contributed by atoms with van der Waals surface area (Å²) in [5.74, 6) is -0.306. The van der Waals surface area contributed by atoms with Crippen LogP contribution in [0.15, 0.2) is 17.2 Å². The van der Waals surface area contributed by atoms with Crippen LogP contribution in [0.4, 0.5) is 0 Å². The largest absolute Gasteiger partial charge is 0.349 e. The zero-order valence-corrected chi connectivity index (χ0v) is 17.5. The molecule has 2 rings (SSSR count). The molecule has 3 N–H and O–H groups in total. The third-order valence-electron chi connectivity index (χ3n) is 5.17. The zero-order chi connectivity index (χ0) is 18.7. The van der Waals surface area contributed by atoms with Gasteiger partial charge in [-0.1, -0.05) is 20.3 Å². The van der Waals surface area contributed by atoms with E-state index < -0.39 is 15.6 Å². The first-order valence-electron chi connectivity index (χ1n) is 8.97. The molecule has 26 heavy (non-hydrogen) atoms. The van der Waals surface area contributed by atoms with E-state index in [0.717, 1.165) is 32.1 Å². The standard InChI is InChI=1S/C17H30N4O3S.ClH/c1-4-17(18,5-2)13-19-16(22)15-11-14(12-20(15)3)25(23,24)21-9-7-6-8-10-21;/h11-12H,4-10,13,18H2,1-3H3,(H,19,22);1H. The number of nitrogens with one attached hydrogen (secondary N) is 1. The van der Waals surface area contributed by atoms with Crippen molar-refractivity contribution in [1.29, 1.82) is 0 Å². The Morgan fingerprint density at radius 3 is 2.35 bits per heavy atom. The van der Waals surface area contributed by atoms with E-state index in [9.17, 15) is 13.2 Å². The van der Waals surface area contributed by atoms with E-state index in [0.29, 0.717) is 25.3 Å². The summed E-state index contributed by atoms with van der Waals surface area (Å²) in [6.45, 7) is 5.42. The number of piperidine rings is 1. The predicted molar refractivity (Wildman–Crippen MR) is 105 cm³/mol. The highest BCUT2D eigenvalue weighted by Crippen LogP contribution is 2.22. The molecule has 1 aliphatic rings. The van der Waals surface area contributed by atoms with Crippen LogP contribution in [0.5, 0.6) is 0 Å². The zero-order valence-electron chi connectivity index (χ0n) is 15.8. The van der Waals surface area contributed by atoms with Gasteiger partial charge in [-0.05, 0) is 31.7 Å². The van der Waals surface area contributed by atoms with Crippen molar-refractivity contribution in [2.45, 2.75) is 56.4 Å². The first kappa shape index (κ1) is 23.0. The number of amides is 1. The molecule has 0 aromatic carbocycles. The molecule has 0 saturated carbocycles. The van der Waals surface area contributed by atoms with Crippen molar-refractivity contribution in [3.63, 3.8) is 0 Å². The molecule has 0 spiro atoms. The summed E-state index contributed by atoms with van der Waals surface area (Å²) in [4.78, 5) is 12.6. The number of sulfonamides is 1. The minimum Gasteiger partial charge on any atom is -0.349 e. The number of aryl methyl sites for hydroxylation is 1. The van der Waals surface area contributed by atoms with Gasteiger partial charge in [0.05, 0.1) is 0 Å². The number of carbonyl (C=O) groups is 1. The van der Waals surface area contributed by atoms with Gasteiger partial charge in [0.1, 0.15) is 10.6 Å². The molecule has 1 fully saturated rings. The summed E-state index contributed by atoms with van der Waals surface area (Å²) in [6.07, 6.45) is 5.84. The number of carbonyl (C=O) groups excluding carboxylic acids is 1. The Bertz CT molecular complexity index is 708. The highest BCUT2D eigenvalue weighted by molar-refractivity contribution is 7.89. The van der Waals surface area contributed by atoms with E-state index in [2.05, 4.69) is 5.32 Å². The van der Waals surface area contributed by atoms with Crippen LogP contribution in [-0.4, -0.2) is 48.4 Å². The molecule has 150 valence electrons. The Morgan fingerprint density at radius 1 is 1.23 bits per heavy atom. The molecular weight excluding hydrogens is 376 g/mol. The highest BCUT2D eigenvalue weighted by atomic mass is 35.5. The van der Waals surface area contributed by atoms with Gasteiger partial charge in [-0.25, -0.2) is 8.42 Å². The third-order valence-corrected chi connectivity index (χ3v) is 7.04. The fraction of sp³-hybridized carbons (Fsp3) is 0.706. The van der Waals surface area contributed by atoms with Crippen molar-refractivity contribution in [1.82, 2.24) is 14.2 Å². The minimum absolute atomic E-state index is 0. The van der Waals surface area contributed by atoms with Gasteiger partial charge in [0, 0.05) is 38.4 Å². The monoisotopic (exact) mass is 406 g/mol. The number of hydrogen-bond acceptors (Lipinski definition) is 4. The van der Waals surface area contributed by atoms with Crippen molar-refractivity contribution in [3.05, 3.63) is 18.0 Å². The van der Waals surface area contributed by atoms with Crippen molar-refractivity contribution >= 4 is 28.3 Å². The lowest BCUT2D eigenvalue weighted by Crippen LogP contribution is -2.49. The van der Waals surface area contributed by atoms with E-state index in [-0.39, 0.29) is 23.2 Å². The second kappa shape index (κ2) is 9.21. The second-order valence-electron chi connectivity index (χ2n) is 6.89. The number of hydrogen-bond donors (Lipinski definition) is 2. The van der Waals surface area contributed by atoms with Crippen LogP contribution in [0, 0.1) is 0 Å². The van der Waals surface area contributed by atoms with E-state index >= 15 is 0 Å².